The van der Waals surface area contributed by atoms with Gasteiger partial charge in [0.15, 0.2) is 5.13 Å². The number of carbonyl (C=O) groups excluding carboxylic acids is 1. The van der Waals surface area contributed by atoms with Crippen molar-refractivity contribution in [3.05, 3.63) is 11.1 Å². The molecule has 0 aliphatic heterocycles. The zero-order valence-corrected chi connectivity index (χ0v) is 11.6. The highest BCUT2D eigenvalue weighted by Gasteiger charge is 2.26. The Morgan fingerprint density at radius 1 is 1.61 bits per heavy atom. The van der Waals surface area contributed by atoms with Gasteiger partial charge in [0.25, 0.3) is 0 Å². The van der Waals surface area contributed by atoms with Gasteiger partial charge in [-0.15, -0.1) is 11.3 Å². The summed E-state index contributed by atoms with van der Waals surface area (Å²) in [6.45, 7) is 2.83. The zero-order valence-electron chi connectivity index (χ0n) is 10.8. The fraction of sp³-hybridized carbons (Fsp3) is 0.692. The quantitative estimate of drug-likeness (QED) is 0.798. The smallest absolute Gasteiger partial charge is 0.226 e. The molecule has 5 heteroatoms. The van der Waals surface area contributed by atoms with Crippen molar-refractivity contribution in [1.82, 2.24) is 4.98 Å². The van der Waals surface area contributed by atoms with Gasteiger partial charge in [0.05, 0.1) is 5.69 Å². The van der Waals surface area contributed by atoms with E-state index in [1.807, 2.05) is 0 Å². The second-order valence-corrected chi connectivity index (χ2v) is 5.98. The van der Waals surface area contributed by atoms with Gasteiger partial charge in [-0.25, -0.2) is 4.98 Å². The SMILES string of the molecule is CC(CCN)CCC(=O)Nc1nc(C2CC2)cs1. The van der Waals surface area contributed by atoms with Crippen LogP contribution < -0.4 is 11.1 Å². The van der Waals surface area contributed by atoms with E-state index in [4.69, 9.17) is 5.73 Å². The molecule has 1 saturated carbocycles. The number of nitrogens with zero attached hydrogens (tertiary/aromatic N) is 1. The highest BCUT2D eigenvalue weighted by Crippen LogP contribution is 2.40. The summed E-state index contributed by atoms with van der Waals surface area (Å²) in [6.07, 6.45) is 4.92. The van der Waals surface area contributed by atoms with Crippen LogP contribution in [0.3, 0.4) is 0 Å². The minimum absolute atomic E-state index is 0.0653. The first-order chi connectivity index (χ1) is 8.69. The van der Waals surface area contributed by atoms with E-state index in [1.54, 1.807) is 0 Å². The van der Waals surface area contributed by atoms with Crippen LogP contribution in [0, 0.1) is 5.92 Å². The van der Waals surface area contributed by atoms with Crippen molar-refractivity contribution in [2.75, 3.05) is 11.9 Å². The molecule has 1 atom stereocenters. The fourth-order valence-corrected chi connectivity index (χ4v) is 2.71. The van der Waals surface area contributed by atoms with Crippen LogP contribution in [0.4, 0.5) is 5.13 Å². The predicted molar refractivity (Wildman–Crippen MR) is 74.8 cm³/mol. The highest BCUT2D eigenvalue weighted by molar-refractivity contribution is 7.13. The molecular formula is C13H21N3OS. The van der Waals surface area contributed by atoms with Crippen molar-refractivity contribution in [3.8, 4) is 0 Å². The minimum Gasteiger partial charge on any atom is -0.330 e. The number of rotatable bonds is 7. The summed E-state index contributed by atoms with van der Waals surface area (Å²) < 4.78 is 0. The molecule has 100 valence electrons. The molecule has 0 radical (unpaired) electrons. The first-order valence-corrected chi connectivity index (χ1v) is 7.52. The third kappa shape index (κ3) is 4.07. The summed E-state index contributed by atoms with van der Waals surface area (Å²) in [4.78, 5) is 16.2. The molecule has 1 unspecified atom stereocenters. The standard InChI is InChI=1S/C13H21N3OS/c1-9(6-7-14)2-5-12(17)16-13-15-11(8-18-13)10-3-4-10/h8-10H,2-7,14H2,1H3,(H,15,16,17). The first-order valence-electron chi connectivity index (χ1n) is 6.64. The van der Waals surface area contributed by atoms with Crippen LogP contribution in [-0.4, -0.2) is 17.4 Å². The van der Waals surface area contributed by atoms with Crippen LogP contribution in [0.25, 0.3) is 0 Å². The first kappa shape index (κ1) is 13.5. The maximum atomic E-state index is 11.7. The molecule has 1 amide bonds. The lowest BCUT2D eigenvalue weighted by molar-refractivity contribution is -0.116. The summed E-state index contributed by atoms with van der Waals surface area (Å²) >= 11 is 1.53. The average Bonchev–Trinajstić information content (AvgIpc) is 3.09. The molecule has 1 heterocycles. The van der Waals surface area contributed by atoms with E-state index in [9.17, 15) is 4.79 Å². The van der Waals surface area contributed by atoms with Crippen LogP contribution in [0.5, 0.6) is 0 Å². The van der Waals surface area contributed by atoms with Crippen molar-refractivity contribution >= 4 is 22.4 Å². The Bertz CT molecular complexity index is 401. The number of amides is 1. The molecule has 3 N–H and O–H groups in total. The van der Waals surface area contributed by atoms with E-state index < -0.39 is 0 Å². The zero-order chi connectivity index (χ0) is 13.0. The van der Waals surface area contributed by atoms with Crippen molar-refractivity contribution in [2.24, 2.45) is 11.7 Å². The van der Waals surface area contributed by atoms with Gasteiger partial charge in [0.1, 0.15) is 0 Å². The summed E-state index contributed by atoms with van der Waals surface area (Å²) in [5, 5.41) is 5.68. The third-order valence-corrected chi connectivity index (χ3v) is 4.06. The van der Waals surface area contributed by atoms with Crippen molar-refractivity contribution in [1.29, 1.82) is 0 Å². The van der Waals surface area contributed by atoms with Crippen LogP contribution in [0.15, 0.2) is 5.38 Å². The normalized spacial score (nSPS) is 16.6. The largest absolute Gasteiger partial charge is 0.330 e. The molecule has 1 aliphatic carbocycles. The van der Waals surface area contributed by atoms with Crippen LogP contribution >= 0.6 is 11.3 Å². The van der Waals surface area contributed by atoms with E-state index >= 15 is 0 Å². The van der Waals surface area contributed by atoms with Crippen molar-refractivity contribution in [3.63, 3.8) is 0 Å². The Morgan fingerprint density at radius 3 is 3.06 bits per heavy atom. The Hall–Kier alpha value is -0.940. The summed E-state index contributed by atoms with van der Waals surface area (Å²) in [5.74, 6) is 1.23. The molecule has 0 aromatic carbocycles. The number of carbonyl (C=O) groups is 1. The molecule has 0 saturated heterocycles. The van der Waals surface area contributed by atoms with Crippen LogP contribution in [-0.2, 0) is 4.79 Å². The molecular weight excluding hydrogens is 246 g/mol. The van der Waals surface area contributed by atoms with Gasteiger partial charge in [-0.1, -0.05) is 6.92 Å². The van der Waals surface area contributed by atoms with Gasteiger partial charge in [-0.3, -0.25) is 4.79 Å². The number of nitrogens with two attached hydrogens (primary N) is 1. The number of thiazole rings is 1. The van der Waals surface area contributed by atoms with Gasteiger partial charge in [-0.05, 0) is 38.1 Å². The molecule has 0 spiro atoms. The van der Waals surface area contributed by atoms with E-state index in [0.717, 1.165) is 23.7 Å². The topological polar surface area (TPSA) is 68.0 Å². The van der Waals surface area contributed by atoms with Crippen molar-refractivity contribution < 1.29 is 4.79 Å². The monoisotopic (exact) mass is 267 g/mol. The number of nitrogens with one attached hydrogen (secondary N) is 1. The van der Waals surface area contributed by atoms with Gasteiger partial charge < -0.3 is 11.1 Å². The van der Waals surface area contributed by atoms with Crippen LogP contribution in [0.2, 0.25) is 0 Å². The summed E-state index contributed by atoms with van der Waals surface area (Å²) in [5.41, 5.74) is 6.63. The lowest BCUT2D eigenvalue weighted by Crippen LogP contribution is -2.14. The summed E-state index contributed by atoms with van der Waals surface area (Å²) in [7, 11) is 0. The Kier molecular flexibility index (Phi) is 4.72. The maximum absolute atomic E-state index is 11.7. The number of anilines is 1. The maximum Gasteiger partial charge on any atom is 0.226 e. The van der Waals surface area contributed by atoms with Crippen molar-refractivity contribution in [2.45, 2.75) is 44.9 Å². The van der Waals surface area contributed by atoms with E-state index in [1.165, 1.54) is 24.2 Å². The predicted octanol–water partition coefficient (Wildman–Crippen LogP) is 2.72. The lowest BCUT2D eigenvalue weighted by Gasteiger charge is -2.08. The van der Waals surface area contributed by atoms with Crippen LogP contribution in [0.1, 0.15) is 50.6 Å². The average molecular weight is 267 g/mol. The molecule has 4 nitrogen and oxygen atoms in total. The Labute approximate surface area is 112 Å². The molecule has 1 fully saturated rings. The minimum atomic E-state index is 0.0653. The Balaban J connectivity index is 1.72. The van der Waals surface area contributed by atoms with Gasteiger partial charge >= 0.3 is 0 Å². The highest BCUT2D eigenvalue weighted by atomic mass is 32.1. The molecule has 0 bridgehead atoms. The van der Waals surface area contributed by atoms with Gasteiger partial charge in [-0.2, -0.15) is 0 Å². The number of hydrogen-bond donors (Lipinski definition) is 2. The van der Waals surface area contributed by atoms with E-state index in [0.29, 0.717) is 24.8 Å². The van der Waals surface area contributed by atoms with Gasteiger partial charge in [0.2, 0.25) is 5.91 Å². The fourth-order valence-electron chi connectivity index (χ4n) is 1.90. The molecule has 1 aromatic heterocycles. The lowest BCUT2D eigenvalue weighted by atomic mass is 10.0. The number of aromatic nitrogens is 1. The summed E-state index contributed by atoms with van der Waals surface area (Å²) in [6, 6.07) is 0. The second-order valence-electron chi connectivity index (χ2n) is 5.12. The van der Waals surface area contributed by atoms with E-state index in [-0.39, 0.29) is 5.91 Å². The van der Waals surface area contributed by atoms with E-state index in [2.05, 4.69) is 22.6 Å². The Morgan fingerprint density at radius 2 is 2.39 bits per heavy atom. The molecule has 1 aromatic rings. The number of hydrogen-bond acceptors (Lipinski definition) is 4. The second kappa shape index (κ2) is 6.29. The van der Waals surface area contributed by atoms with Gasteiger partial charge in [0, 0.05) is 17.7 Å². The molecule has 2 rings (SSSR count). The molecule has 1 aliphatic rings. The third-order valence-electron chi connectivity index (χ3n) is 3.29. The molecule has 18 heavy (non-hydrogen) atoms.